The van der Waals surface area contributed by atoms with Gasteiger partial charge < -0.3 is 5.11 Å². The molecule has 15 heavy (non-hydrogen) atoms. The number of rotatable bonds is 3. The third-order valence-electron chi connectivity index (χ3n) is 1.63. The molecule has 0 unspecified atom stereocenters. The smallest absolute Gasteiger partial charge is 0.336 e. The molecule has 4 N–H and O–H groups in total. The van der Waals surface area contributed by atoms with Crippen molar-refractivity contribution >= 4 is 31.9 Å². The molecular formula is C7H7BrN2O4S. The zero-order chi connectivity index (χ0) is 11.6. The molecule has 1 aromatic rings. The quantitative estimate of drug-likeness (QED) is 0.549. The summed E-state index contributed by atoms with van der Waals surface area (Å²) in [6.45, 7) is 0. The number of hydrogen-bond donors (Lipinski definition) is 3. The van der Waals surface area contributed by atoms with Gasteiger partial charge in [0.1, 0.15) is 0 Å². The standard InChI is InChI=1S/C7H7BrN2O4S/c8-6-2-1-4(15(13,14)10-9)3-5(6)7(11)12/h1-3,10H,9H2,(H,11,12). The molecule has 0 saturated heterocycles. The summed E-state index contributed by atoms with van der Waals surface area (Å²) in [5.74, 6) is 3.58. The predicted octanol–water partition coefficient (Wildman–Crippen LogP) is 0.299. The molecule has 1 rings (SSSR count). The van der Waals surface area contributed by atoms with E-state index in [1.54, 1.807) is 4.83 Å². The van der Waals surface area contributed by atoms with E-state index in [2.05, 4.69) is 15.9 Å². The Bertz CT molecular complexity index is 500. The van der Waals surface area contributed by atoms with Gasteiger partial charge >= 0.3 is 5.97 Å². The van der Waals surface area contributed by atoms with Crippen molar-refractivity contribution in [3.8, 4) is 0 Å². The van der Waals surface area contributed by atoms with Gasteiger partial charge in [-0.25, -0.2) is 13.2 Å². The molecule has 8 heteroatoms. The lowest BCUT2D eigenvalue weighted by atomic mass is 10.2. The normalized spacial score (nSPS) is 11.3. The Morgan fingerprint density at radius 2 is 2.07 bits per heavy atom. The second-order valence-electron chi connectivity index (χ2n) is 2.57. The number of halogens is 1. The molecule has 82 valence electrons. The topological polar surface area (TPSA) is 109 Å². The number of carboxylic acids is 1. The summed E-state index contributed by atoms with van der Waals surface area (Å²) in [6, 6.07) is 3.58. The van der Waals surface area contributed by atoms with Crippen molar-refractivity contribution in [2.24, 2.45) is 5.84 Å². The summed E-state index contributed by atoms with van der Waals surface area (Å²) in [7, 11) is -3.83. The molecule has 0 aliphatic carbocycles. The van der Waals surface area contributed by atoms with E-state index in [-0.39, 0.29) is 10.5 Å². The Kier molecular flexibility index (Phi) is 3.45. The van der Waals surface area contributed by atoms with Crippen LogP contribution in [-0.4, -0.2) is 19.5 Å². The monoisotopic (exact) mass is 294 g/mol. The average molecular weight is 295 g/mol. The van der Waals surface area contributed by atoms with Gasteiger partial charge in [-0.3, -0.25) is 5.84 Å². The van der Waals surface area contributed by atoms with E-state index < -0.39 is 16.0 Å². The van der Waals surface area contributed by atoms with Gasteiger partial charge in [-0.1, -0.05) is 0 Å². The Balaban J connectivity index is 3.38. The van der Waals surface area contributed by atoms with E-state index >= 15 is 0 Å². The van der Waals surface area contributed by atoms with Gasteiger partial charge in [0.15, 0.2) is 0 Å². The molecule has 0 aliphatic rings. The van der Waals surface area contributed by atoms with Crippen LogP contribution in [0.2, 0.25) is 0 Å². The van der Waals surface area contributed by atoms with Crippen LogP contribution in [0.15, 0.2) is 27.6 Å². The van der Waals surface area contributed by atoms with Crippen molar-refractivity contribution < 1.29 is 18.3 Å². The zero-order valence-electron chi connectivity index (χ0n) is 7.27. The molecule has 0 spiro atoms. The van der Waals surface area contributed by atoms with Crippen LogP contribution < -0.4 is 10.7 Å². The molecule has 0 atom stereocenters. The first-order valence-electron chi connectivity index (χ1n) is 3.64. The Morgan fingerprint density at radius 1 is 1.47 bits per heavy atom. The maximum atomic E-state index is 11.2. The first-order valence-corrected chi connectivity index (χ1v) is 5.91. The van der Waals surface area contributed by atoms with Gasteiger partial charge in [-0.2, -0.15) is 4.83 Å². The average Bonchev–Trinajstić information content (AvgIpc) is 2.17. The van der Waals surface area contributed by atoms with Crippen LogP contribution in [0.5, 0.6) is 0 Å². The van der Waals surface area contributed by atoms with Gasteiger partial charge in [0.05, 0.1) is 10.5 Å². The molecule has 0 amide bonds. The number of benzene rings is 1. The lowest BCUT2D eigenvalue weighted by Crippen LogP contribution is -2.30. The molecule has 0 saturated carbocycles. The van der Waals surface area contributed by atoms with Crippen LogP contribution in [0.1, 0.15) is 10.4 Å². The minimum absolute atomic E-state index is 0.147. The summed E-state index contributed by atoms with van der Waals surface area (Å²) < 4.78 is 22.8. The molecule has 0 aromatic heterocycles. The summed E-state index contributed by atoms with van der Waals surface area (Å²) in [5.41, 5.74) is -0.147. The molecule has 0 bridgehead atoms. The van der Waals surface area contributed by atoms with Gasteiger partial charge in [0.25, 0.3) is 10.0 Å². The van der Waals surface area contributed by atoms with E-state index in [9.17, 15) is 13.2 Å². The third-order valence-corrected chi connectivity index (χ3v) is 3.51. The largest absolute Gasteiger partial charge is 0.478 e. The molecule has 0 aliphatic heterocycles. The maximum Gasteiger partial charge on any atom is 0.336 e. The SMILES string of the molecule is NNS(=O)(=O)c1ccc(Br)c(C(=O)O)c1. The van der Waals surface area contributed by atoms with Crippen molar-refractivity contribution in [1.29, 1.82) is 0 Å². The lowest BCUT2D eigenvalue weighted by Gasteiger charge is -2.04. The van der Waals surface area contributed by atoms with Crippen molar-refractivity contribution in [3.63, 3.8) is 0 Å². The highest BCUT2D eigenvalue weighted by Crippen LogP contribution is 2.20. The van der Waals surface area contributed by atoms with Crippen LogP contribution in [0.3, 0.4) is 0 Å². The van der Waals surface area contributed by atoms with E-state index in [1.165, 1.54) is 12.1 Å². The van der Waals surface area contributed by atoms with E-state index in [0.29, 0.717) is 4.47 Å². The molecule has 0 fully saturated rings. The summed E-state index contributed by atoms with van der Waals surface area (Å²) in [6.07, 6.45) is 0. The highest BCUT2D eigenvalue weighted by Gasteiger charge is 2.16. The number of carbonyl (C=O) groups is 1. The number of hydrazine groups is 1. The van der Waals surface area contributed by atoms with Gasteiger partial charge in [0.2, 0.25) is 0 Å². The molecule has 6 nitrogen and oxygen atoms in total. The fourth-order valence-electron chi connectivity index (χ4n) is 0.903. The van der Waals surface area contributed by atoms with Gasteiger partial charge in [-0.15, -0.1) is 0 Å². The summed E-state index contributed by atoms with van der Waals surface area (Å²) in [4.78, 5) is 12.1. The van der Waals surface area contributed by atoms with Crippen LogP contribution in [0.25, 0.3) is 0 Å². The Labute approximate surface area is 94.2 Å². The molecule has 0 radical (unpaired) electrons. The van der Waals surface area contributed by atoms with Crippen molar-refractivity contribution in [3.05, 3.63) is 28.2 Å². The van der Waals surface area contributed by atoms with Crippen molar-refractivity contribution in [2.75, 3.05) is 0 Å². The third kappa shape index (κ3) is 2.53. The minimum Gasteiger partial charge on any atom is -0.478 e. The van der Waals surface area contributed by atoms with Crippen LogP contribution in [0.4, 0.5) is 0 Å². The summed E-state index contributed by atoms with van der Waals surface area (Å²) in [5, 5.41) is 8.75. The highest BCUT2D eigenvalue weighted by molar-refractivity contribution is 9.10. The molecular weight excluding hydrogens is 288 g/mol. The number of nitrogens with two attached hydrogens (primary N) is 1. The first-order chi connectivity index (χ1) is 6.88. The van der Waals surface area contributed by atoms with Crippen LogP contribution in [0, 0.1) is 0 Å². The maximum absolute atomic E-state index is 11.2. The molecule has 0 heterocycles. The van der Waals surface area contributed by atoms with Crippen molar-refractivity contribution in [2.45, 2.75) is 4.90 Å². The number of aromatic carboxylic acids is 1. The van der Waals surface area contributed by atoms with Gasteiger partial charge in [-0.05, 0) is 34.1 Å². The summed E-state index contributed by atoms with van der Waals surface area (Å²) >= 11 is 2.99. The second kappa shape index (κ2) is 4.27. The van der Waals surface area contributed by atoms with Crippen LogP contribution >= 0.6 is 15.9 Å². The van der Waals surface area contributed by atoms with E-state index in [0.717, 1.165) is 6.07 Å². The fraction of sp³-hybridized carbons (Fsp3) is 0. The first kappa shape index (κ1) is 12.1. The Hall–Kier alpha value is -0.960. The van der Waals surface area contributed by atoms with E-state index in [4.69, 9.17) is 10.9 Å². The number of hydrogen-bond acceptors (Lipinski definition) is 4. The number of nitrogens with one attached hydrogen (secondary N) is 1. The predicted molar refractivity (Wildman–Crippen MR) is 55.6 cm³/mol. The van der Waals surface area contributed by atoms with E-state index in [1.807, 2.05) is 0 Å². The molecule has 1 aromatic carbocycles. The van der Waals surface area contributed by atoms with Crippen LogP contribution in [-0.2, 0) is 10.0 Å². The highest BCUT2D eigenvalue weighted by atomic mass is 79.9. The second-order valence-corrected chi connectivity index (χ2v) is 5.14. The minimum atomic E-state index is -3.83. The van der Waals surface area contributed by atoms with Gasteiger partial charge in [0, 0.05) is 4.47 Å². The number of carboxylic acid groups (broad SMARTS) is 1. The fourth-order valence-corrected chi connectivity index (χ4v) is 1.98. The Morgan fingerprint density at radius 3 is 2.53 bits per heavy atom. The number of sulfonamides is 1. The zero-order valence-corrected chi connectivity index (χ0v) is 9.67. The van der Waals surface area contributed by atoms with Crippen molar-refractivity contribution in [1.82, 2.24) is 4.83 Å². The lowest BCUT2D eigenvalue weighted by molar-refractivity contribution is 0.0695.